The molecule has 0 radical (unpaired) electrons. The van der Waals surface area contributed by atoms with Gasteiger partial charge in [0.1, 0.15) is 0 Å². The third-order valence-electron chi connectivity index (χ3n) is 3.88. The van der Waals surface area contributed by atoms with Gasteiger partial charge in [-0.1, -0.05) is 48.0 Å². The molecule has 132 valence electrons. The van der Waals surface area contributed by atoms with Crippen LogP contribution in [0.4, 0.5) is 0 Å². The van der Waals surface area contributed by atoms with Crippen molar-refractivity contribution in [3.63, 3.8) is 0 Å². The Labute approximate surface area is 153 Å². The third-order valence-corrected chi connectivity index (χ3v) is 5.04. The molecule has 0 aromatic heterocycles. The van der Waals surface area contributed by atoms with Gasteiger partial charge in [0, 0.05) is 24.4 Å². The van der Waals surface area contributed by atoms with Crippen LogP contribution in [-0.2, 0) is 16.1 Å². The monoisotopic (exact) mass is 356 g/mol. The Morgan fingerprint density at radius 2 is 1.80 bits per heavy atom. The maximum absolute atomic E-state index is 12.7. The van der Waals surface area contributed by atoms with Crippen LogP contribution in [-0.4, -0.2) is 29.0 Å². The summed E-state index contributed by atoms with van der Waals surface area (Å²) in [6.07, 6.45) is 0.173. The highest BCUT2D eigenvalue weighted by Gasteiger charge is 2.15. The van der Waals surface area contributed by atoms with Crippen molar-refractivity contribution in [2.24, 2.45) is 5.73 Å². The predicted molar refractivity (Wildman–Crippen MR) is 102 cm³/mol. The van der Waals surface area contributed by atoms with Crippen molar-refractivity contribution >= 4 is 23.6 Å². The average Bonchev–Trinajstić information content (AvgIpc) is 2.58. The molecule has 2 amide bonds. The number of rotatable bonds is 8. The van der Waals surface area contributed by atoms with Gasteiger partial charge >= 0.3 is 0 Å². The van der Waals surface area contributed by atoms with E-state index in [9.17, 15) is 9.59 Å². The van der Waals surface area contributed by atoms with Gasteiger partial charge in [-0.15, -0.1) is 11.8 Å². The number of aryl methyl sites for hydroxylation is 2. The lowest BCUT2D eigenvalue weighted by Crippen LogP contribution is -2.34. The predicted octanol–water partition coefficient (Wildman–Crippen LogP) is 3.30. The number of hydrogen-bond donors (Lipinski definition) is 1. The van der Waals surface area contributed by atoms with Gasteiger partial charge in [0.2, 0.25) is 11.8 Å². The van der Waals surface area contributed by atoms with Crippen molar-refractivity contribution in [2.45, 2.75) is 31.7 Å². The lowest BCUT2D eigenvalue weighted by atomic mass is 10.2. The highest BCUT2D eigenvalue weighted by atomic mass is 32.2. The normalized spacial score (nSPS) is 10.5. The molecule has 0 aliphatic carbocycles. The molecule has 2 aromatic carbocycles. The van der Waals surface area contributed by atoms with Crippen molar-refractivity contribution in [1.82, 2.24) is 4.90 Å². The second kappa shape index (κ2) is 9.28. The fourth-order valence-electron chi connectivity index (χ4n) is 2.53. The summed E-state index contributed by atoms with van der Waals surface area (Å²) in [6.45, 7) is 4.93. The SMILES string of the molecule is Cc1ccc(SCC(=O)N(CCC(N)=O)Cc2ccccc2)c(C)c1. The number of carbonyl (C=O) groups is 2. The molecule has 0 aliphatic heterocycles. The Morgan fingerprint density at radius 1 is 1.08 bits per heavy atom. The van der Waals surface area contributed by atoms with Crippen molar-refractivity contribution in [3.8, 4) is 0 Å². The van der Waals surface area contributed by atoms with E-state index in [1.54, 1.807) is 4.90 Å². The van der Waals surface area contributed by atoms with Crippen LogP contribution < -0.4 is 5.73 Å². The molecule has 2 rings (SSSR count). The van der Waals surface area contributed by atoms with Crippen LogP contribution in [0.15, 0.2) is 53.4 Å². The van der Waals surface area contributed by atoms with Crippen LogP contribution >= 0.6 is 11.8 Å². The molecule has 0 saturated carbocycles. The standard InChI is InChI=1S/C20H24N2O2S/c1-15-8-9-18(16(2)12-15)25-14-20(24)22(11-10-19(21)23)13-17-6-4-3-5-7-17/h3-9,12H,10-11,13-14H2,1-2H3,(H2,21,23). The van der Waals surface area contributed by atoms with Gasteiger partial charge in [-0.2, -0.15) is 0 Å². The van der Waals surface area contributed by atoms with E-state index in [0.717, 1.165) is 10.5 Å². The summed E-state index contributed by atoms with van der Waals surface area (Å²) in [6, 6.07) is 16.0. The molecule has 5 heteroatoms. The minimum atomic E-state index is -0.395. The first kappa shape index (κ1) is 19.1. The second-order valence-corrected chi connectivity index (χ2v) is 7.09. The lowest BCUT2D eigenvalue weighted by Gasteiger charge is -2.22. The Bertz CT molecular complexity index is 732. The number of nitrogens with two attached hydrogens (primary N) is 1. The Balaban J connectivity index is 2.02. The average molecular weight is 356 g/mol. The first-order chi connectivity index (χ1) is 12.0. The van der Waals surface area contributed by atoms with Crippen LogP contribution in [0.3, 0.4) is 0 Å². The first-order valence-electron chi connectivity index (χ1n) is 8.26. The fourth-order valence-corrected chi connectivity index (χ4v) is 3.45. The minimum absolute atomic E-state index is 0.00933. The molecule has 0 heterocycles. The number of nitrogens with zero attached hydrogens (tertiary/aromatic N) is 1. The lowest BCUT2D eigenvalue weighted by molar-refractivity contribution is -0.129. The highest BCUT2D eigenvalue weighted by molar-refractivity contribution is 8.00. The van der Waals surface area contributed by atoms with Gasteiger partial charge in [-0.3, -0.25) is 9.59 Å². The van der Waals surface area contributed by atoms with Crippen molar-refractivity contribution in [1.29, 1.82) is 0 Å². The zero-order valence-corrected chi connectivity index (χ0v) is 15.5. The summed E-state index contributed by atoms with van der Waals surface area (Å²) >= 11 is 1.53. The van der Waals surface area contributed by atoms with Crippen LogP contribution in [0.5, 0.6) is 0 Å². The van der Waals surface area contributed by atoms with E-state index in [4.69, 9.17) is 5.73 Å². The number of amides is 2. The summed E-state index contributed by atoms with van der Waals surface area (Å²) in [4.78, 5) is 26.6. The summed E-state index contributed by atoms with van der Waals surface area (Å²) in [5.41, 5.74) is 8.67. The Kier molecular flexibility index (Phi) is 7.07. The molecule has 25 heavy (non-hydrogen) atoms. The number of benzene rings is 2. The Morgan fingerprint density at radius 3 is 2.44 bits per heavy atom. The van der Waals surface area contributed by atoms with E-state index >= 15 is 0 Å². The van der Waals surface area contributed by atoms with Gasteiger partial charge in [0.25, 0.3) is 0 Å². The Hall–Kier alpha value is -2.27. The van der Waals surface area contributed by atoms with Gasteiger partial charge < -0.3 is 10.6 Å². The second-order valence-electron chi connectivity index (χ2n) is 6.07. The molecular weight excluding hydrogens is 332 g/mol. The maximum atomic E-state index is 12.7. The van der Waals surface area contributed by atoms with Crippen molar-refractivity contribution in [2.75, 3.05) is 12.3 Å². The van der Waals surface area contributed by atoms with Crippen LogP contribution in [0, 0.1) is 13.8 Å². The highest BCUT2D eigenvalue weighted by Crippen LogP contribution is 2.23. The van der Waals surface area contributed by atoms with Gasteiger partial charge in [-0.25, -0.2) is 0 Å². The molecule has 2 aromatic rings. The summed E-state index contributed by atoms with van der Waals surface area (Å²) in [5.74, 6) is -0.0434. The summed E-state index contributed by atoms with van der Waals surface area (Å²) in [5, 5.41) is 0. The van der Waals surface area contributed by atoms with Crippen LogP contribution in [0.25, 0.3) is 0 Å². The molecule has 4 nitrogen and oxygen atoms in total. The van der Waals surface area contributed by atoms with Gasteiger partial charge in [-0.05, 0) is 31.0 Å². The third kappa shape index (κ3) is 6.27. The molecule has 0 bridgehead atoms. The number of carbonyl (C=O) groups excluding carboxylic acids is 2. The molecule has 0 atom stereocenters. The number of hydrogen-bond acceptors (Lipinski definition) is 3. The first-order valence-corrected chi connectivity index (χ1v) is 9.24. The van der Waals surface area contributed by atoms with Gasteiger partial charge in [0.15, 0.2) is 0 Å². The van der Waals surface area contributed by atoms with Gasteiger partial charge in [0.05, 0.1) is 5.75 Å². The van der Waals surface area contributed by atoms with Crippen molar-refractivity contribution in [3.05, 3.63) is 65.2 Å². The smallest absolute Gasteiger partial charge is 0.233 e. The van der Waals surface area contributed by atoms with E-state index in [-0.39, 0.29) is 12.3 Å². The van der Waals surface area contributed by atoms with E-state index in [2.05, 4.69) is 26.0 Å². The van der Waals surface area contributed by atoms with E-state index in [1.165, 1.54) is 22.9 Å². The largest absolute Gasteiger partial charge is 0.370 e. The number of primary amides is 1. The molecule has 0 spiro atoms. The van der Waals surface area contributed by atoms with E-state index < -0.39 is 5.91 Å². The quantitative estimate of drug-likeness (QED) is 0.738. The maximum Gasteiger partial charge on any atom is 0.233 e. The fraction of sp³-hybridized carbons (Fsp3) is 0.300. The van der Waals surface area contributed by atoms with E-state index in [0.29, 0.717) is 18.8 Å². The molecule has 2 N–H and O–H groups in total. The van der Waals surface area contributed by atoms with Crippen LogP contribution in [0.2, 0.25) is 0 Å². The molecule has 0 unspecified atom stereocenters. The topological polar surface area (TPSA) is 63.4 Å². The zero-order chi connectivity index (χ0) is 18.2. The molecule has 0 fully saturated rings. The molecule has 0 saturated heterocycles. The minimum Gasteiger partial charge on any atom is -0.370 e. The number of thioether (sulfide) groups is 1. The van der Waals surface area contributed by atoms with Crippen molar-refractivity contribution < 1.29 is 9.59 Å². The summed E-state index contributed by atoms with van der Waals surface area (Å²) < 4.78 is 0. The zero-order valence-electron chi connectivity index (χ0n) is 14.7. The molecule has 0 aliphatic rings. The van der Waals surface area contributed by atoms with E-state index in [1.807, 2.05) is 36.4 Å². The molecular formula is C20H24N2O2S. The van der Waals surface area contributed by atoms with Crippen LogP contribution in [0.1, 0.15) is 23.1 Å². The summed E-state index contributed by atoms with van der Waals surface area (Å²) in [7, 11) is 0.